The first-order valence-corrected chi connectivity index (χ1v) is 13.0. The van der Waals surface area contributed by atoms with E-state index in [4.69, 9.17) is 5.11 Å². The van der Waals surface area contributed by atoms with E-state index in [2.05, 4.69) is 11.1 Å². The maximum Gasteiger partial charge on any atom is 0.416 e. The third-order valence-electron chi connectivity index (χ3n) is 5.84. The predicted octanol–water partition coefficient (Wildman–Crippen LogP) is 6.35. The number of fused-ring (bicyclic) bond motifs is 1. The molecule has 0 bridgehead atoms. The Hall–Kier alpha value is -2.15. The fourth-order valence-corrected chi connectivity index (χ4v) is 4.53. The molecule has 0 spiro atoms. The molecule has 13 heteroatoms. The van der Waals surface area contributed by atoms with E-state index in [0.29, 0.717) is 12.1 Å². The van der Waals surface area contributed by atoms with Crippen LogP contribution in [0.15, 0.2) is 12.1 Å². The highest BCUT2D eigenvalue weighted by molar-refractivity contribution is 7.86. The molecule has 6 nitrogen and oxygen atoms in total. The largest absolute Gasteiger partial charge is 0.481 e. The lowest BCUT2D eigenvalue weighted by atomic mass is 9.92. The number of unbranched alkanes of at least 4 members (excludes halogenated alkanes) is 3. The number of rotatable bonds is 10. The van der Waals surface area contributed by atoms with Crippen LogP contribution in [0, 0.1) is 0 Å². The van der Waals surface area contributed by atoms with Crippen molar-refractivity contribution in [1.82, 2.24) is 0 Å². The maximum absolute atomic E-state index is 13.4. The van der Waals surface area contributed by atoms with Crippen molar-refractivity contribution < 1.29 is 53.4 Å². The number of aliphatic carboxylic acids is 1. The molecule has 0 aliphatic carbocycles. The minimum Gasteiger partial charge on any atom is -0.481 e. The van der Waals surface area contributed by atoms with Crippen molar-refractivity contribution in [1.29, 1.82) is 0 Å². The van der Waals surface area contributed by atoms with Crippen LogP contribution in [0.3, 0.4) is 0 Å². The minimum absolute atomic E-state index is 0.0982. The van der Waals surface area contributed by atoms with Gasteiger partial charge >= 0.3 is 18.3 Å². The number of benzene rings is 1. The molecule has 1 N–H and O–H groups in total. The van der Waals surface area contributed by atoms with Gasteiger partial charge in [-0.15, -0.1) is 0 Å². The van der Waals surface area contributed by atoms with Gasteiger partial charge in [-0.05, 0) is 25.8 Å². The van der Waals surface area contributed by atoms with E-state index >= 15 is 0 Å². The summed E-state index contributed by atoms with van der Waals surface area (Å²) in [5, 5.41) is 8.14. The Kier molecular flexibility index (Phi) is 11.4. The fourth-order valence-electron chi connectivity index (χ4n) is 3.80. The number of carbonyl (C=O) groups is 1. The number of carboxylic acids is 1. The lowest BCUT2D eigenvalue weighted by molar-refractivity contribution is -0.439. The van der Waals surface area contributed by atoms with Crippen LogP contribution in [0.2, 0.25) is 0 Å². The number of alkyl halides is 6. The molecule has 1 aliphatic heterocycles. The van der Waals surface area contributed by atoms with Crippen LogP contribution in [0.25, 0.3) is 0 Å². The van der Waals surface area contributed by atoms with E-state index in [9.17, 15) is 39.6 Å². The molecule has 2 rings (SSSR count). The number of hydrogen-bond acceptors (Lipinski definition) is 4. The summed E-state index contributed by atoms with van der Waals surface area (Å²) in [5.41, 5.74) is -2.51. The van der Waals surface area contributed by atoms with Gasteiger partial charge in [-0.3, -0.25) is 8.98 Å². The molecule has 1 aromatic carbocycles. The van der Waals surface area contributed by atoms with Gasteiger partial charge in [0.15, 0.2) is 5.71 Å². The second kappa shape index (κ2) is 12.9. The van der Waals surface area contributed by atoms with Crippen LogP contribution < -0.4 is 0 Å². The Morgan fingerprint density at radius 1 is 1.06 bits per heavy atom. The average molecular weight is 549 g/mol. The number of hydrogen-bond donors (Lipinski definition) is 1. The zero-order valence-electron chi connectivity index (χ0n) is 20.6. The highest BCUT2D eigenvalue weighted by atomic mass is 32.2. The van der Waals surface area contributed by atoms with Crippen LogP contribution in [-0.4, -0.2) is 49.2 Å². The molecule has 0 amide bonds. The van der Waals surface area contributed by atoms with Crippen LogP contribution in [-0.2, 0) is 31.4 Å². The van der Waals surface area contributed by atoms with E-state index < -0.39 is 45.5 Å². The SMILES string of the molecule is CCCCCC(=O)O.COS(=O)(=O)CCCC[N+]1=C(C)C(C)c2c1cc(C(F)(F)F)cc2C(F)(F)F. The van der Waals surface area contributed by atoms with E-state index in [1.807, 2.05) is 0 Å². The van der Waals surface area contributed by atoms with Gasteiger partial charge in [0.1, 0.15) is 6.54 Å². The molecule has 0 fully saturated rings. The molecule has 1 aliphatic rings. The lowest BCUT2D eigenvalue weighted by Gasteiger charge is -2.16. The maximum atomic E-state index is 13.4. The van der Waals surface area contributed by atoms with Gasteiger partial charge in [-0.25, -0.2) is 0 Å². The Labute approximate surface area is 207 Å². The van der Waals surface area contributed by atoms with Crippen molar-refractivity contribution >= 4 is 27.5 Å². The van der Waals surface area contributed by atoms with Crippen molar-refractivity contribution in [3.05, 3.63) is 28.8 Å². The van der Waals surface area contributed by atoms with Crippen LogP contribution in [0.1, 0.15) is 81.9 Å². The second-order valence-electron chi connectivity index (χ2n) is 8.45. The minimum atomic E-state index is -4.93. The van der Waals surface area contributed by atoms with Gasteiger partial charge in [0, 0.05) is 31.4 Å². The highest BCUT2D eigenvalue weighted by Crippen LogP contribution is 2.47. The van der Waals surface area contributed by atoms with E-state index in [0.717, 1.165) is 32.4 Å². The standard InChI is InChI=1S/C17H20F6NO3S.C6H12O2/c1-10-11(2)24(6-4-5-7-28(25,26)27-3)14-9-12(16(18,19)20)8-13(15(10)14)17(21,22)23;1-2-3-4-5-6(7)8/h8-10H,4-7H2,1-3H3;2-5H2,1H3,(H,7,8)/q+1;. The van der Waals surface area contributed by atoms with Crippen molar-refractivity contribution in [2.45, 2.75) is 77.6 Å². The van der Waals surface area contributed by atoms with Gasteiger partial charge in [0.25, 0.3) is 10.1 Å². The second-order valence-corrected chi connectivity index (χ2v) is 10.3. The third-order valence-corrected chi connectivity index (χ3v) is 7.14. The summed E-state index contributed by atoms with van der Waals surface area (Å²) >= 11 is 0. The smallest absolute Gasteiger partial charge is 0.416 e. The Morgan fingerprint density at radius 3 is 2.14 bits per heavy atom. The molecule has 0 aromatic heterocycles. The van der Waals surface area contributed by atoms with Crippen molar-refractivity contribution in [3.8, 4) is 0 Å². The molecule has 1 unspecified atom stereocenters. The monoisotopic (exact) mass is 548 g/mol. The molecule has 0 radical (unpaired) electrons. The highest BCUT2D eigenvalue weighted by Gasteiger charge is 2.46. The Morgan fingerprint density at radius 2 is 1.67 bits per heavy atom. The Bertz CT molecular complexity index is 1050. The van der Waals surface area contributed by atoms with Crippen molar-refractivity contribution in [2.75, 3.05) is 19.4 Å². The van der Waals surface area contributed by atoms with E-state index in [1.54, 1.807) is 6.92 Å². The van der Waals surface area contributed by atoms with Gasteiger partial charge in [0.05, 0.1) is 29.9 Å². The van der Waals surface area contributed by atoms with Gasteiger partial charge < -0.3 is 5.11 Å². The average Bonchev–Trinajstić information content (AvgIpc) is 3.00. The van der Waals surface area contributed by atoms with Crippen LogP contribution in [0.4, 0.5) is 32.0 Å². The molecular formula is C23H32F6NO5S+. The Balaban J connectivity index is 0.000000697. The number of nitrogens with zero attached hydrogens (tertiary/aromatic N) is 1. The number of halogens is 6. The number of carboxylic acid groups (broad SMARTS) is 1. The predicted molar refractivity (Wildman–Crippen MR) is 122 cm³/mol. The van der Waals surface area contributed by atoms with E-state index in [1.165, 1.54) is 11.5 Å². The first-order chi connectivity index (χ1) is 16.5. The molecule has 0 saturated carbocycles. The molecular weight excluding hydrogens is 516 g/mol. The summed E-state index contributed by atoms with van der Waals surface area (Å²) in [5.74, 6) is -1.68. The zero-order chi connectivity index (χ0) is 27.9. The normalized spacial score (nSPS) is 16.0. The van der Waals surface area contributed by atoms with Gasteiger partial charge in [0.2, 0.25) is 5.69 Å². The van der Waals surface area contributed by atoms with Crippen LogP contribution in [0.5, 0.6) is 0 Å². The molecule has 0 saturated heterocycles. The lowest BCUT2D eigenvalue weighted by Crippen LogP contribution is -2.15. The summed E-state index contributed by atoms with van der Waals surface area (Å²) < 4.78 is 108. The fraction of sp³-hybridized carbons (Fsp3) is 0.652. The van der Waals surface area contributed by atoms with Gasteiger partial charge in [-0.2, -0.15) is 39.3 Å². The first kappa shape index (κ1) is 31.9. The third kappa shape index (κ3) is 9.06. The van der Waals surface area contributed by atoms with Gasteiger partial charge in [-0.1, -0.05) is 19.8 Å². The molecule has 36 heavy (non-hydrogen) atoms. The van der Waals surface area contributed by atoms with Crippen molar-refractivity contribution in [2.24, 2.45) is 0 Å². The van der Waals surface area contributed by atoms with Crippen molar-refractivity contribution in [3.63, 3.8) is 0 Å². The summed E-state index contributed by atoms with van der Waals surface area (Å²) in [7, 11) is -2.66. The summed E-state index contributed by atoms with van der Waals surface area (Å²) in [6, 6.07) is 0.876. The molecule has 1 heterocycles. The van der Waals surface area contributed by atoms with Crippen LogP contribution >= 0.6 is 0 Å². The molecule has 206 valence electrons. The first-order valence-electron chi connectivity index (χ1n) is 11.4. The molecule has 1 aromatic rings. The summed E-state index contributed by atoms with van der Waals surface area (Å²) in [6.07, 6.45) is -6.16. The molecule has 1 atom stereocenters. The van der Waals surface area contributed by atoms with E-state index in [-0.39, 0.29) is 42.5 Å². The summed E-state index contributed by atoms with van der Waals surface area (Å²) in [4.78, 5) is 9.87. The summed E-state index contributed by atoms with van der Waals surface area (Å²) in [6.45, 7) is 5.22. The quantitative estimate of drug-likeness (QED) is 0.159. The zero-order valence-corrected chi connectivity index (χ0v) is 21.4. The topological polar surface area (TPSA) is 83.7 Å².